The normalized spacial score (nSPS) is 15.7. The van der Waals surface area contributed by atoms with Gasteiger partial charge in [0.15, 0.2) is 0 Å². The average molecular weight is 379 g/mol. The quantitative estimate of drug-likeness (QED) is 0.725. The Kier molecular flexibility index (Phi) is 4.38. The van der Waals surface area contributed by atoms with Crippen molar-refractivity contribution in [2.75, 3.05) is 12.8 Å². The summed E-state index contributed by atoms with van der Waals surface area (Å²) in [6.45, 7) is 1.72. The number of methoxy groups -OCH3 is 1. The van der Waals surface area contributed by atoms with E-state index in [4.69, 9.17) is 10.5 Å². The topological polar surface area (TPSA) is 103 Å². The van der Waals surface area contributed by atoms with Crippen LogP contribution in [0.15, 0.2) is 36.5 Å². The molecule has 0 saturated heterocycles. The molecular weight excluding hydrogens is 361 g/mol. The van der Waals surface area contributed by atoms with Gasteiger partial charge in [0.25, 0.3) is 5.91 Å². The van der Waals surface area contributed by atoms with Gasteiger partial charge in [-0.2, -0.15) is 0 Å². The van der Waals surface area contributed by atoms with Gasteiger partial charge in [-0.3, -0.25) is 4.79 Å². The molecule has 0 radical (unpaired) electrons. The molecule has 28 heavy (non-hydrogen) atoms. The van der Waals surface area contributed by atoms with Crippen molar-refractivity contribution in [3.8, 4) is 17.0 Å². The number of nitrogen functional groups attached to an aromatic ring is 1. The van der Waals surface area contributed by atoms with E-state index < -0.39 is 11.9 Å². The molecule has 3 aromatic rings. The molecule has 142 valence electrons. The van der Waals surface area contributed by atoms with E-state index in [1.165, 1.54) is 19.2 Å². The van der Waals surface area contributed by atoms with Crippen LogP contribution in [0.25, 0.3) is 11.1 Å². The molecule has 7 nitrogen and oxygen atoms in total. The number of halogens is 1. The first-order valence-electron chi connectivity index (χ1n) is 8.70. The van der Waals surface area contributed by atoms with Crippen molar-refractivity contribution in [2.24, 2.45) is 0 Å². The second-order valence-corrected chi connectivity index (χ2v) is 6.51. The number of ether oxygens (including phenoxy) is 1. The molecule has 1 amide bonds. The number of aryl methyl sites for hydroxylation is 1. The van der Waals surface area contributed by atoms with Gasteiger partial charge in [0, 0.05) is 18.2 Å². The Balaban J connectivity index is 1.84. The third kappa shape index (κ3) is 3.02. The molecule has 8 heteroatoms. The smallest absolute Gasteiger partial charge is 0.255 e. The monoisotopic (exact) mass is 379 g/mol. The maximum Gasteiger partial charge on any atom is 0.255 e. The highest BCUT2D eigenvalue weighted by Crippen LogP contribution is 2.36. The first-order chi connectivity index (χ1) is 13.5. The van der Waals surface area contributed by atoms with Gasteiger partial charge in [0.05, 0.1) is 30.1 Å². The zero-order valence-electron chi connectivity index (χ0n) is 15.4. The first kappa shape index (κ1) is 17.8. The van der Waals surface area contributed by atoms with E-state index in [-0.39, 0.29) is 11.9 Å². The minimum Gasteiger partial charge on any atom is -0.481 e. The van der Waals surface area contributed by atoms with Crippen LogP contribution in [0, 0.1) is 12.7 Å². The molecule has 0 fully saturated rings. The van der Waals surface area contributed by atoms with Crippen LogP contribution in [0.5, 0.6) is 5.88 Å². The predicted molar refractivity (Wildman–Crippen MR) is 101 cm³/mol. The lowest BCUT2D eigenvalue weighted by Gasteiger charge is -2.28. The molecule has 3 heterocycles. The summed E-state index contributed by atoms with van der Waals surface area (Å²) in [5.41, 5.74) is 9.28. The first-order valence-corrected chi connectivity index (χ1v) is 8.70. The Bertz CT molecular complexity index is 1090. The number of fused-ring (bicyclic) bond motifs is 1. The lowest BCUT2D eigenvalue weighted by atomic mass is 9.89. The molecule has 3 N–H and O–H groups in total. The van der Waals surface area contributed by atoms with Crippen LogP contribution in [-0.2, 0) is 6.42 Å². The van der Waals surface area contributed by atoms with E-state index in [0.29, 0.717) is 40.4 Å². The van der Waals surface area contributed by atoms with Gasteiger partial charge in [-0.1, -0.05) is 6.07 Å². The number of nitrogens with zero attached hydrogens (tertiary/aromatic N) is 3. The zero-order chi connectivity index (χ0) is 19.8. The molecule has 1 atom stereocenters. The molecule has 1 aliphatic rings. The number of pyridine rings is 1. The van der Waals surface area contributed by atoms with Gasteiger partial charge in [-0.25, -0.2) is 19.3 Å². The number of carbonyl (C=O) groups is 1. The van der Waals surface area contributed by atoms with Crippen LogP contribution in [0.1, 0.15) is 33.4 Å². The van der Waals surface area contributed by atoms with Crippen molar-refractivity contribution >= 4 is 11.9 Å². The fourth-order valence-corrected chi connectivity index (χ4v) is 3.59. The molecule has 1 unspecified atom stereocenters. The number of amides is 1. The van der Waals surface area contributed by atoms with E-state index in [9.17, 15) is 9.18 Å². The molecular formula is C20H18FN5O2. The van der Waals surface area contributed by atoms with Crippen molar-refractivity contribution in [1.29, 1.82) is 0 Å². The fourth-order valence-electron chi connectivity index (χ4n) is 3.59. The lowest BCUT2D eigenvalue weighted by Crippen LogP contribution is -2.37. The van der Waals surface area contributed by atoms with Crippen molar-refractivity contribution < 1.29 is 13.9 Å². The van der Waals surface area contributed by atoms with Gasteiger partial charge in [-0.05, 0) is 42.3 Å². The second kappa shape index (κ2) is 6.88. The van der Waals surface area contributed by atoms with Gasteiger partial charge < -0.3 is 15.8 Å². The second-order valence-electron chi connectivity index (χ2n) is 6.51. The summed E-state index contributed by atoms with van der Waals surface area (Å²) in [6.07, 6.45) is 2.01. The Morgan fingerprint density at radius 2 is 2.07 bits per heavy atom. The number of rotatable bonds is 3. The van der Waals surface area contributed by atoms with Crippen LogP contribution in [0.3, 0.4) is 0 Å². The number of aromatic nitrogens is 3. The van der Waals surface area contributed by atoms with Crippen LogP contribution in [-0.4, -0.2) is 28.0 Å². The highest BCUT2D eigenvalue weighted by Gasteiger charge is 2.31. The molecule has 1 aliphatic heterocycles. The Morgan fingerprint density at radius 1 is 1.25 bits per heavy atom. The largest absolute Gasteiger partial charge is 0.481 e. The van der Waals surface area contributed by atoms with E-state index in [0.717, 1.165) is 5.56 Å². The zero-order valence-corrected chi connectivity index (χ0v) is 15.4. The third-order valence-electron chi connectivity index (χ3n) is 4.76. The maximum atomic E-state index is 14.1. The van der Waals surface area contributed by atoms with Crippen molar-refractivity contribution in [1.82, 2.24) is 20.3 Å². The fraction of sp³-hybridized carbons (Fsp3) is 0.200. The van der Waals surface area contributed by atoms with E-state index in [1.54, 1.807) is 31.3 Å². The van der Waals surface area contributed by atoms with Crippen LogP contribution < -0.4 is 15.8 Å². The molecule has 0 aliphatic carbocycles. The molecule has 0 spiro atoms. The van der Waals surface area contributed by atoms with E-state index >= 15 is 0 Å². The average Bonchev–Trinajstić information content (AvgIpc) is 2.66. The van der Waals surface area contributed by atoms with Crippen LogP contribution in [0.2, 0.25) is 0 Å². The molecule has 2 aromatic heterocycles. The minimum absolute atomic E-state index is 0.123. The van der Waals surface area contributed by atoms with Gasteiger partial charge in [0.1, 0.15) is 5.82 Å². The van der Waals surface area contributed by atoms with E-state index in [1.807, 2.05) is 0 Å². The standard InChI is InChI=1S/C20H18FN5O2/c1-10-17-16(26-20(22)24-10)9-15(25-18(17)27)12-6-5-11(21)8-14(12)13-4-3-7-23-19(13)28-2/h3-8,15H,9H2,1-2H3,(H,25,27)(H2,22,24,26). The lowest BCUT2D eigenvalue weighted by molar-refractivity contribution is 0.0922. The SMILES string of the molecule is COc1ncccc1-c1cc(F)ccc1C1Cc2nc(N)nc(C)c2C(=O)N1. The summed E-state index contributed by atoms with van der Waals surface area (Å²) < 4.78 is 19.4. The maximum absolute atomic E-state index is 14.1. The number of hydrogen-bond acceptors (Lipinski definition) is 6. The van der Waals surface area contributed by atoms with Crippen molar-refractivity contribution in [2.45, 2.75) is 19.4 Å². The summed E-state index contributed by atoms with van der Waals surface area (Å²) >= 11 is 0. The Morgan fingerprint density at radius 3 is 2.86 bits per heavy atom. The van der Waals surface area contributed by atoms with E-state index in [2.05, 4.69) is 20.3 Å². The van der Waals surface area contributed by atoms with Crippen molar-refractivity contribution in [3.05, 3.63) is 64.9 Å². The summed E-state index contributed by atoms with van der Waals surface area (Å²) in [7, 11) is 1.51. The van der Waals surface area contributed by atoms with Gasteiger partial charge in [-0.15, -0.1) is 0 Å². The molecule has 4 rings (SSSR count). The Hall–Kier alpha value is -3.55. The third-order valence-corrected chi connectivity index (χ3v) is 4.76. The molecule has 1 aromatic carbocycles. The van der Waals surface area contributed by atoms with Gasteiger partial charge >= 0.3 is 0 Å². The van der Waals surface area contributed by atoms with Gasteiger partial charge in [0.2, 0.25) is 11.8 Å². The van der Waals surface area contributed by atoms with Crippen LogP contribution >= 0.6 is 0 Å². The predicted octanol–water partition coefficient (Wildman–Crippen LogP) is 2.60. The molecule has 0 bridgehead atoms. The Labute approximate surface area is 160 Å². The summed E-state index contributed by atoms with van der Waals surface area (Å²) in [4.78, 5) is 25.2. The number of carbonyl (C=O) groups excluding carboxylic acids is 1. The summed E-state index contributed by atoms with van der Waals surface area (Å²) in [5.74, 6) is -0.177. The highest BCUT2D eigenvalue weighted by molar-refractivity contribution is 5.98. The summed E-state index contributed by atoms with van der Waals surface area (Å²) in [6, 6.07) is 7.57. The number of nitrogens with two attached hydrogens (primary N) is 1. The van der Waals surface area contributed by atoms with Crippen molar-refractivity contribution in [3.63, 3.8) is 0 Å². The highest BCUT2D eigenvalue weighted by atomic mass is 19.1. The molecule has 0 saturated carbocycles. The minimum atomic E-state index is -0.408. The van der Waals surface area contributed by atoms with Crippen LogP contribution in [0.4, 0.5) is 10.3 Å². The number of nitrogens with one attached hydrogen (secondary N) is 1. The summed E-state index contributed by atoms with van der Waals surface area (Å²) in [5, 5.41) is 2.97. The number of hydrogen-bond donors (Lipinski definition) is 2. The number of benzene rings is 1. The number of anilines is 1.